The molecule has 0 saturated heterocycles. The predicted octanol–water partition coefficient (Wildman–Crippen LogP) is 1.99. The van der Waals surface area contributed by atoms with E-state index >= 15 is 0 Å². The fraction of sp³-hybridized carbons (Fsp3) is 0.300. The Morgan fingerprint density at radius 3 is 2.48 bits per heavy atom. The number of likely N-dealkylation sites (N-methyl/N-ethyl adjacent to an activating group) is 1. The number of nitrogens with one attached hydrogen (secondary N) is 1. The minimum absolute atomic E-state index is 0.243. The van der Waals surface area contributed by atoms with Crippen molar-refractivity contribution in [2.24, 2.45) is 5.16 Å². The molecule has 2 aromatic rings. The van der Waals surface area contributed by atoms with Crippen LogP contribution >= 0.6 is 0 Å². The van der Waals surface area contributed by atoms with Gasteiger partial charge in [-0.05, 0) is 53.9 Å². The maximum atomic E-state index is 12.3. The van der Waals surface area contributed by atoms with Crippen LogP contribution in [0.25, 0.3) is 11.1 Å². The fourth-order valence-corrected chi connectivity index (χ4v) is 4.33. The molecule has 0 spiro atoms. The van der Waals surface area contributed by atoms with Gasteiger partial charge < -0.3 is 15.4 Å². The Kier molecular flexibility index (Phi) is 6.02. The van der Waals surface area contributed by atoms with E-state index in [4.69, 9.17) is 5.21 Å². The lowest BCUT2D eigenvalue weighted by molar-refractivity contribution is -0.110. The summed E-state index contributed by atoms with van der Waals surface area (Å²) < 4.78 is 25.8. The van der Waals surface area contributed by atoms with Gasteiger partial charge in [0, 0.05) is 32.9 Å². The van der Waals surface area contributed by atoms with Crippen LogP contribution in [0.3, 0.4) is 0 Å². The second-order valence-corrected chi connectivity index (χ2v) is 9.30. The Morgan fingerprint density at radius 1 is 1.17 bits per heavy atom. The first kappa shape index (κ1) is 21.0. The fourth-order valence-electron chi connectivity index (χ4n) is 3.43. The summed E-state index contributed by atoms with van der Waals surface area (Å²) in [5, 5.41) is 14.1. The maximum Gasteiger partial charge on any atom is 0.270 e. The molecule has 2 aromatic carbocycles. The summed E-state index contributed by atoms with van der Waals surface area (Å²) in [6.07, 6.45) is 1.62. The van der Waals surface area contributed by atoms with E-state index in [9.17, 15) is 13.2 Å². The summed E-state index contributed by atoms with van der Waals surface area (Å²) in [6, 6.07) is 10.6. The van der Waals surface area contributed by atoms with Crippen molar-refractivity contribution in [3.63, 3.8) is 0 Å². The molecule has 1 amide bonds. The Morgan fingerprint density at radius 2 is 1.86 bits per heavy atom. The second kappa shape index (κ2) is 8.32. The van der Waals surface area contributed by atoms with E-state index in [1.54, 1.807) is 24.3 Å². The average molecular weight is 417 g/mol. The number of fused-ring (bicyclic) bond motifs is 1. The molecule has 1 aliphatic heterocycles. The number of benzene rings is 2. The molecule has 0 saturated carbocycles. The van der Waals surface area contributed by atoms with Gasteiger partial charge in [0.1, 0.15) is 6.21 Å². The number of nitrogens with zero attached hydrogens (tertiary/aromatic N) is 3. The van der Waals surface area contributed by atoms with E-state index in [0.717, 1.165) is 41.4 Å². The van der Waals surface area contributed by atoms with Crippen molar-refractivity contribution >= 4 is 27.8 Å². The van der Waals surface area contributed by atoms with Crippen molar-refractivity contribution in [1.82, 2.24) is 9.21 Å². The van der Waals surface area contributed by atoms with E-state index in [1.807, 2.05) is 19.2 Å². The number of carbonyl (C=O) groups is 1. The molecule has 0 bridgehead atoms. The molecule has 0 radical (unpaired) electrons. The van der Waals surface area contributed by atoms with Gasteiger partial charge in [-0.3, -0.25) is 4.79 Å². The number of rotatable bonds is 5. The molecule has 1 aliphatic rings. The van der Waals surface area contributed by atoms with Gasteiger partial charge in [-0.15, -0.1) is 0 Å². The van der Waals surface area contributed by atoms with Gasteiger partial charge in [-0.25, -0.2) is 12.7 Å². The molecule has 154 valence electrons. The van der Waals surface area contributed by atoms with E-state index < -0.39 is 15.9 Å². The first-order chi connectivity index (χ1) is 13.7. The van der Waals surface area contributed by atoms with Crippen LogP contribution in [-0.4, -0.2) is 62.6 Å². The Bertz CT molecular complexity index is 1050. The lowest BCUT2D eigenvalue weighted by atomic mass is 9.89. The highest BCUT2D eigenvalue weighted by Gasteiger charge is 2.22. The third kappa shape index (κ3) is 4.31. The van der Waals surface area contributed by atoms with E-state index in [2.05, 4.69) is 15.4 Å². The molecule has 8 nitrogen and oxygen atoms in total. The standard InChI is InChI=1S/C20H24N4O4S/c1-23(2)29(27,28)15-6-4-14(5-7-15)16-8-9-19(22-20(25)12-21-26)18-13-24(3)11-10-17(16)18/h4-9,12,26H,10-11,13H2,1-3H3,(H,22,25). The summed E-state index contributed by atoms with van der Waals surface area (Å²) in [7, 11) is 1.54. The maximum absolute atomic E-state index is 12.3. The topological polar surface area (TPSA) is 102 Å². The van der Waals surface area contributed by atoms with Gasteiger partial charge in [0.2, 0.25) is 10.0 Å². The van der Waals surface area contributed by atoms with Gasteiger partial charge in [0.25, 0.3) is 5.91 Å². The molecule has 0 fully saturated rings. The molecule has 0 aromatic heterocycles. The zero-order valence-electron chi connectivity index (χ0n) is 16.6. The zero-order valence-corrected chi connectivity index (χ0v) is 17.4. The Labute approximate surface area is 170 Å². The lowest BCUT2D eigenvalue weighted by Gasteiger charge is -2.29. The van der Waals surface area contributed by atoms with Gasteiger partial charge in [-0.2, -0.15) is 0 Å². The van der Waals surface area contributed by atoms with Gasteiger partial charge in [0.05, 0.1) is 4.90 Å². The smallest absolute Gasteiger partial charge is 0.270 e. The molecule has 9 heteroatoms. The second-order valence-electron chi connectivity index (χ2n) is 7.15. The SMILES string of the molecule is CN1CCc2c(-c3ccc(S(=O)(=O)N(C)C)cc3)ccc(NC(=O)C=NO)c2C1. The van der Waals surface area contributed by atoms with Crippen LogP contribution in [0.15, 0.2) is 46.4 Å². The first-order valence-electron chi connectivity index (χ1n) is 9.08. The van der Waals surface area contributed by atoms with Crippen LogP contribution in [-0.2, 0) is 27.8 Å². The minimum Gasteiger partial charge on any atom is -0.411 e. The summed E-state index contributed by atoms with van der Waals surface area (Å²) in [5.74, 6) is -0.506. The summed E-state index contributed by atoms with van der Waals surface area (Å²) in [5.41, 5.74) is 4.71. The highest BCUT2D eigenvalue weighted by molar-refractivity contribution is 7.89. The lowest BCUT2D eigenvalue weighted by Crippen LogP contribution is -2.28. The van der Waals surface area contributed by atoms with E-state index in [1.165, 1.54) is 18.4 Å². The number of sulfonamides is 1. The van der Waals surface area contributed by atoms with Gasteiger partial charge in [-0.1, -0.05) is 23.4 Å². The monoisotopic (exact) mass is 416 g/mol. The first-order valence-corrected chi connectivity index (χ1v) is 10.5. The quantitative estimate of drug-likeness (QED) is 0.441. The molecule has 2 N–H and O–H groups in total. The highest BCUT2D eigenvalue weighted by Crippen LogP contribution is 2.35. The third-order valence-electron chi connectivity index (χ3n) is 4.98. The molecule has 29 heavy (non-hydrogen) atoms. The molecular formula is C20H24N4O4S. The summed E-state index contributed by atoms with van der Waals surface area (Å²) >= 11 is 0. The average Bonchev–Trinajstić information content (AvgIpc) is 2.68. The summed E-state index contributed by atoms with van der Waals surface area (Å²) in [4.78, 5) is 14.2. The van der Waals surface area contributed by atoms with Crippen molar-refractivity contribution in [2.45, 2.75) is 17.9 Å². The number of hydrogen-bond donors (Lipinski definition) is 2. The van der Waals surface area contributed by atoms with Crippen LogP contribution in [0.1, 0.15) is 11.1 Å². The number of carbonyl (C=O) groups excluding carboxylic acids is 1. The van der Waals surface area contributed by atoms with Crippen LogP contribution < -0.4 is 5.32 Å². The molecule has 0 aliphatic carbocycles. The zero-order chi connectivity index (χ0) is 21.2. The van der Waals surface area contributed by atoms with Crippen LogP contribution in [0.5, 0.6) is 0 Å². The van der Waals surface area contributed by atoms with E-state index in [-0.39, 0.29) is 4.90 Å². The van der Waals surface area contributed by atoms with Crippen LogP contribution in [0.2, 0.25) is 0 Å². The minimum atomic E-state index is -3.48. The van der Waals surface area contributed by atoms with Crippen LogP contribution in [0, 0.1) is 0 Å². The predicted molar refractivity (Wildman–Crippen MR) is 112 cm³/mol. The largest absolute Gasteiger partial charge is 0.411 e. The van der Waals surface area contributed by atoms with E-state index in [0.29, 0.717) is 12.2 Å². The number of hydrogen-bond acceptors (Lipinski definition) is 6. The van der Waals surface area contributed by atoms with Crippen molar-refractivity contribution in [3.05, 3.63) is 47.5 Å². The molecule has 3 rings (SSSR count). The normalized spacial score (nSPS) is 14.9. The van der Waals surface area contributed by atoms with Crippen molar-refractivity contribution in [2.75, 3.05) is 33.0 Å². The number of anilines is 1. The van der Waals surface area contributed by atoms with Crippen molar-refractivity contribution < 1.29 is 18.4 Å². The van der Waals surface area contributed by atoms with Crippen molar-refractivity contribution in [3.8, 4) is 11.1 Å². The molecule has 0 atom stereocenters. The van der Waals surface area contributed by atoms with Crippen LogP contribution in [0.4, 0.5) is 5.69 Å². The van der Waals surface area contributed by atoms with Gasteiger partial charge in [0.15, 0.2) is 0 Å². The Hall–Kier alpha value is -2.75. The third-order valence-corrected chi connectivity index (χ3v) is 6.81. The number of oxime groups is 1. The number of amides is 1. The van der Waals surface area contributed by atoms with Gasteiger partial charge >= 0.3 is 0 Å². The highest BCUT2D eigenvalue weighted by atomic mass is 32.2. The molecule has 0 unspecified atom stereocenters. The molecular weight excluding hydrogens is 392 g/mol. The summed E-state index contributed by atoms with van der Waals surface area (Å²) in [6.45, 7) is 1.55. The molecule has 1 heterocycles. The Balaban J connectivity index is 2.02. The van der Waals surface area contributed by atoms with Crippen molar-refractivity contribution in [1.29, 1.82) is 0 Å².